The van der Waals surface area contributed by atoms with E-state index in [2.05, 4.69) is 15.9 Å². The van der Waals surface area contributed by atoms with Crippen LogP contribution in [0.4, 0.5) is 10.5 Å². The molecule has 1 N–H and O–H groups in total. The number of para-hydroxylation sites is 2. The van der Waals surface area contributed by atoms with Crippen LogP contribution in [0.5, 0.6) is 5.75 Å². The molecule has 0 aromatic heterocycles. The fourth-order valence-electron chi connectivity index (χ4n) is 6.05. The monoisotopic (exact) mass is 622 g/mol. The Morgan fingerprint density at radius 2 is 1.43 bits per heavy atom. The van der Waals surface area contributed by atoms with E-state index < -0.39 is 36.1 Å². The molecule has 2 aliphatic rings. The number of hydrogen-bond acceptors (Lipinski definition) is 8. The Balaban J connectivity index is 0.00000442. The lowest BCUT2D eigenvalue weighted by atomic mass is 9.81. The highest BCUT2D eigenvalue weighted by molar-refractivity contribution is 6.11. The van der Waals surface area contributed by atoms with Crippen molar-refractivity contribution in [3.8, 4) is 5.75 Å². The minimum atomic E-state index is -1.56. The zero-order chi connectivity index (χ0) is 30.4. The van der Waals surface area contributed by atoms with E-state index in [1.54, 1.807) is 48.5 Å². The molecule has 0 saturated carbocycles. The number of halogens is 1. The highest BCUT2D eigenvalue weighted by Crippen LogP contribution is 2.43. The van der Waals surface area contributed by atoms with E-state index >= 15 is 0 Å². The maximum Gasteiger partial charge on any atom is 0.328 e. The molecule has 0 bridgehead atoms. The third-order valence-electron chi connectivity index (χ3n) is 8.06. The van der Waals surface area contributed by atoms with Crippen LogP contribution < -0.4 is 9.64 Å². The van der Waals surface area contributed by atoms with Gasteiger partial charge in [0.25, 0.3) is 5.91 Å². The van der Waals surface area contributed by atoms with Gasteiger partial charge < -0.3 is 19.5 Å². The quantitative estimate of drug-likeness (QED) is 0.257. The number of nitrogens with zero attached hydrogens (tertiary/aromatic N) is 4. The Kier molecular flexibility index (Phi) is 10.9. The minimum absolute atomic E-state index is 0. The topological polar surface area (TPSA) is 103 Å². The summed E-state index contributed by atoms with van der Waals surface area (Å²) in [7, 11) is 1.21. The van der Waals surface area contributed by atoms with E-state index in [0.29, 0.717) is 37.4 Å². The van der Waals surface area contributed by atoms with Gasteiger partial charge in [0.2, 0.25) is 0 Å². The van der Waals surface area contributed by atoms with Gasteiger partial charge >= 0.3 is 12.0 Å². The summed E-state index contributed by atoms with van der Waals surface area (Å²) >= 11 is 0. The second-order valence-electron chi connectivity index (χ2n) is 10.6. The molecule has 2 fully saturated rings. The fourth-order valence-corrected chi connectivity index (χ4v) is 6.05. The Labute approximate surface area is 264 Å². The number of β-amino-alcohol motifs (C(OH)–C–C–N with tert-alkyl or cyclic N) is 1. The molecule has 2 aliphatic heterocycles. The molecular formula is C33H39ClN4O6. The normalized spacial score (nSPS) is 17.3. The smallest absolute Gasteiger partial charge is 0.328 e. The largest absolute Gasteiger partial charge is 0.492 e. The molecule has 3 aromatic carbocycles. The van der Waals surface area contributed by atoms with Gasteiger partial charge in [-0.3, -0.25) is 24.3 Å². The first-order valence-electron chi connectivity index (χ1n) is 14.6. The van der Waals surface area contributed by atoms with Gasteiger partial charge in [-0.15, -0.1) is 12.4 Å². The molecule has 2 saturated heterocycles. The number of carbonyl (C=O) groups is 3. The number of aliphatic hydroxyl groups is 1. The molecule has 44 heavy (non-hydrogen) atoms. The molecule has 0 aliphatic carbocycles. The highest BCUT2D eigenvalue weighted by atomic mass is 35.5. The number of rotatable bonds is 11. The van der Waals surface area contributed by atoms with Crippen LogP contribution in [0.25, 0.3) is 0 Å². The van der Waals surface area contributed by atoms with Crippen LogP contribution in [0.2, 0.25) is 0 Å². The van der Waals surface area contributed by atoms with Crippen molar-refractivity contribution >= 4 is 36.0 Å². The van der Waals surface area contributed by atoms with Crippen molar-refractivity contribution in [2.24, 2.45) is 0 Å². The number of anilines is 1. The number of carbonyl (C=O) groups excluding carboxylic acids is 3. The SMILES string of the molecule is CCOc1ccccc1N1CCN(CC(O)CN2C(=O)N(CC(=O)OC)C(=O)C2(c2ccccc2)c2ccccc2)CC1.Cl. The van der Waals surface area contributed by atoms with Gasteiger partial charge in [0.15, 0.2) is 5.54 Å². The van der Waals surface area contributed by atoms with Crippen molar-refractivity contribution in [3.63, 3.8) is 0 Å². The maximum absolute atomic E-state index is 14.3. The van der Waals surface area contributed by atoms with Gasteiger partial charge in [0, 0.05) is 32.7 Å². The Hall–Kier alpha value is -4.12. The van der Waals surface area contributed by atoms with Crippen LogP contribution in [0.15, 0.2) is 84.9 Å². The van der Waals surface area contributed by atoms with Crippen LogP contribution in [0.3, 0.4) is 0 Å². The summed E-state index contributed by atoms with van der Waals surface area (Å²) in [6, 6.07) is 25.4. The number of imide groups is 1. The Morgan fingerprint density at radius 1 is 0.864 bits per heavy atom. The number of aliphatic hydroxyl groups excluding tert-OH is 1. The van der Waals surface area contributed by atoms with Gasteiger partial charge in [-0.25, -0.2) is 4.79 Å². The first-order valence-corrected chi connectivity index (χ1v) is 14.6. The van der Waals surface area contributed by atoms with Crippen molar-refractivity contribution in [3.05, 3.63) is 96.1 Å². The van der Waals surface area contributed by atoms with E-state index in [0.717, 1.165) is 29.4 Å². The Morgan fingerprint density at radius 3 is 2.00 bits per heavy atom. The van der Waals surface area contributed by atoms with Crippen molar-refractivity contribution in [1.82, 2.24) is 14.7 Å². The summed E-state index contributed by atoms with van der Waals surface area (Å²) in [5, 5.41) is 11.4. The molecule has 2 heterocycles. The number of hydrogen-bond donors (Lipinski definition) is 1. The lowest BCUT2D eigenvalue weighted by Gasteiger charge is -2.40. The van der Waals surface area contributed by atoms with Gasteiger partial charge in [0.1, 0.15) is 12.3 Å². The molecule has 3 amide bonds. The number of methoxy groups -OCH3 is 1. The molecule has 3 aromatic rings. The average Bonchev–Trinajstić information content (AvgIpc) is 3.24. The van der Waals surface area contributed by atoms with Crippen molar-refractivity contribution < 1.29 is 29.0 Å². The number of amides is 3. The molecule has 5 rings (SSSR count). The van der Waals surface area contributed by atoms with Crippen molar-refractivity contribution in [1.29, 1.82) is 0 Å². The van der Waals surface area contributed by atoms with Gasteiger partial charge in [-0.1, -0.05) is 72.8 Å². The Bertz CT molecular complexity index is 1380. The van der Waals surface area contributed by atoms with Crippen molar-refractivity contribution in [2.45, 2.75) is 18.6 Å². The van der Waals surface area contributed by atoms with E-state index in [1.165, 1.54) is 12.0 Å². The standard InChI is InChI=1S/C33H38N4O6.ClH/c1-3-43-29-17-11-10-16-28(29)35-20-18-34(19-21-35)22-27(38)23-37-32(41)36(24-30(39)42-2)31(40)33(37,25-12-6-4-7-13-25)26-14-8-5-9-15-26;/h4-17,27,38H,3,18-24H2,1-2H3;1H. The van der Waals surface area contributed by atoms with E-state index in [9.17, 15) is 19.5 Å². The van der Waals surface area contributed by atoms with Gasteiger partial charge in [-0.05, 0) is 30.2 Å². The molecule has 0 spiro atoms. The maximum atomic E-state index is 14.3. The first-order chi connectivity index (χ1) is 20.9. The second kappa shape index (κ2) is 14.6. The molecule has 234 valence electrons. The zero-order valence-electron chi connectivity index (χ0n) is 25.0. The number of esters is 1. The molecule has 0 radical (unpaired) electrons. The summed E-state index contributed by atoms with van der Waals surface area (Å²) in [5.41, 5.74) is 0.629. The number of benzene rings is 3. The van der Waals surface area contributed by atoms with E-state index in [1.807, 2.05) is 37.3 Å². The zero-order valence-corrected chi connectivity index (χ0v) is 25.8. The van der Waals surface area contributed by atoms with Crippen molar-refractivity contribution in [2.75, 3.05) is 64.4 Å². The first kappa shape index (κ1) is 32.8. The lowest BCUT2D eigenvalue weighted by molar-refractivity contribution is -0.145. The molecule has 1 atom stereocenters. The predicted octanol–water partition coefficient (Wildman–Crippen LogP) is 3.37. The molecule has 11 heteroatoms. The third kappa shape index (κ3) is 6.38. The molecular weight excluding hydrogens is 584 g/mol. The van der Waals surface area contributed by atoms with E-state index in [4.69, 9.17) is 9.47 Å². The minimum Gasteiger partial charge on any atom is -0.492 e. The lowest BCUT2D eigenvalue weighted by Crippen LogP contribution is -2.53. The van der Waals surface area contributed by atoms with Crippen LogP contribution in [0.1, 0.15) is 18.1 Å². The highest BCUT2D eigenvalue weighted by Gasteiger charge is 2.60. The summed E-state index contributed by atoms with van der Waals surface area (Å²) in [6.07, 6.45) is -0.955. The number of ether oxygens (including phenoxy) is 2. The van der Waals surface area contributed by atoms with Crippen LogP contribution >= 0.6 is 12.4 Å². The predicted molar refractivity (Wildman–Crippen MR) is 169 cm³/mol. The third-order valence-corrected chi connectivity index (χ3v) is 8.06. The average molecular weight is 623 g/mol. The fraction of sp³-hybridized carbons (Fsp3) is 0.364. The van der Waals surface area contributed by atoms with Gasteiger partial charge in [-0.2, -0.15) is 0 Å². The summed E-state index contributed by atoms with van der Waals surface area (Å²) in [6.45, 7) is 5.16. The summed E-state index contributed by atoms with van der Waals surface area (Å²) in [4.78, 5) is 47.2. The summed E-state index contributed by atoms with van der Waals surface area (Å²) < 4.78 is 10.6. The van der Waals surface area contributed by atoms with Crippen LogP contribution in [-0.4, -0.2) is 103 Å². The second-order valence-corrected chi connectivity index (χ2v) is 10.6. The van der Waals surface area contributed by atoms with Gasteiger partial charge in [0.05, 0.1) is 32.1 Å². The molecule has 1 unspecified atom stereocenters. The van der Waals surface area contributed by atoms with Crippen LogP contribution in [-0.2, 0) is 19.9 Å². The van der Waals surface area contributed by atoms with E-state index in [-0.39, 0.29) is 19.0 Å². The summed E-state index contributed by atoms with van der Waals surface area (Å²) in [5.74, 6) is -0.414. The number of urea groups is 1. The number of piperazine rings is 1. The molecule has 10 nitrogen and oxygen atoms in total. The van der Waals surface area contributed by atoms with Crippen LogP contribution in [0, 0.1) is 0 Å².